The van der Waals surface area contributed by atoms with Crippen LogP contribution in [0.15, 0.2) is 21.9 Å². The minimum absolute atomic E-state index is 0.606. The van der Waals surface area contributed by atoms with Crippen molar-refractivity contribution in [1.29, 1.82) is 0 Å². The minimum atomic E-state index is -1.86. The Morgan fingerprint density at radius 2 is 2.17 bits per heavy atom. The highest BCUT2D eigenvalue weighted by atomic mass is 16.6. The lowest BCUT2D eigenvalue weighted by molar-refractivity contribution is -0.125. The monoisotopic (exact) mass is 259 g/mol. The number of rotatable bonds is 2. The zero-order valence-electron chi connectivity index (χ0n) is 9.18. The minimum Gasteiger partial charge on any atom is -0.392 e. The summed E-state index contributed by atoms with van der Waals surface area (Å²) in [6.45, 7) is -0.736. The first-order valence-corrected chi connectivity index (χ1v) is 5.14. The highest BCUT2D eigenvalue weighted by Crippen LogP contribution is 2.32. The van der Waals surface area contributed by atoms with E-state index < -0.39 is 42.0 Å². The van der Waals surface area contributed by atoms with Gasteiger partial charge in [0.25, 0.3) is 5.56 Å². The summed E-state index contributed by atoms with van der Waals surface area (Å²) < 4.78 is 5.97. The Kier molecular flexibility index (Phi) is 3.09. The van der Waals surface area contributed by atoms with E-state index in [1.54, 1.807) is 0 Å². The molecule has 18 heavy (non-hydrogen) atoms. The summed E-state index contributed by atoms with van der Waals surface area (Å²) >= 11 is 0. The number of aromatic nitrogens is 2. The van der Waals surface area contributed by atoms with Gasteiger partial charge < -0.3 is 20.1 Å². The zero-order valence-corrected chi connectivity index (χ0v) is 9.18. The lowest BCUT2D eigenvalue weighted by atomic mass is 10.1. The number of aliphatic hydroxyl groups is 3. The highest BCUT2D eigenvalue weighted by molar-refractivity contribution is 4.98. The first-order valence-electron chi connectivity index (χ1n) is 5.14. The summed E-state index contributed by atoms with van der Waals surface area (Å²) in [4.78, 5) is 24.4. The molecule has 1 aliphatic rings. The second-order valence-electron chi connectivity index (χ2n) is 4.07. The van der Waals surface area contributed by atoms with Gasteiger partial charge in [-0.1, -0.05) is 0 Å². The number of hydrogen-bond donors (Lipinski definition) is 5. The third kappa shape index (κ3) is 1.87. The van der Waals surface area contributed by atoms with Gasteiger partial charge in [0.15, 0.2) is 12.0 Å². The Morgan fingerprint density at radius 1 is 1.50 bits per heavy atom. The molecule has 0 aromatic carbocycles. The van der Waals surface area contributed by atoms with E-state index in [1.165, 1.54) is 0 Å². The van der Waals surface area contributed by atoms with Crippen molar-refractivity contribution in [2.75, 3.05) is 6.61 Å². The standard InChI is InChI=1S/C9H13N3O6/c10-9(3-13)6(16)5(15)7(18-9)12-2-1-4(14)11-8(12)17/h1-2,5-7,13,15-16H,3,10H2,(H,11,14,17)/t5-,6+,7-,9-/m1/s1. The molecule has 0 spiro atoms. The summed E-state index contributed by atoms with van der Waals surface area (Å²) in [5, 5.41) is 28.4. The number of aromatic amines is 1. The van der Waals surface area contributed by atoms with E-state index in [4.69, 9.17) is 15.6 Å². The Hall–Kier alpha value is -1.52. The number of nitrogens with two attached hydrogens (primary N) is 1. The van der Waals surface area contributed by atoms with E-state index in [9.17, 15) is 19.8 Å². The van der Waals surface area contributed by atoms with Gasteiger partial charge in [0.05, 0.1) is 6.61 Å². The molecule has 1 aromatic heterocycles. The highest BCUT2D eigenvalue weighted by Gasteiger charge is 2.52. The molecule has 2 rings (SSSR count). The number of aliphatic hydroxyl groups excluding tert-OH is 3. The third-order valence-electron chi connectivity index (χ3n) is 2.83. The van der Waals surface area contributed by atoms with E-state index in [0.29, 0.717) is 0 Å². The second-order valence-corrected chi connectivity index (χ2v) is 4.07. The largest absolute Gasteiger partial charge is 0.392 e. The van der Waals surface area contributed by atoms with E-state index in [1.807, 2.05) is 4.98 Å². The van der Waals surface area contributed by atoms with E-state index in [2.05, 4.69) is 0 Å². The first-order chi connectivity index (χ1) is 8.39. The maximum atomic E-state index is 11.5. The van der Waals surface area contributed by atoms with Crippen molar-refractivity contribution in [2.24, 2.45) is 5.73 Å². The topological polar surface area (TPSA) is 151 Å². The molecule has 0 amide bonds. The fourth-order valence-corrected chi connectivity index (χ4v) is 1.79. The Morgan fingerprint density at radius 3 is 2.67 bits per heavy atom. The lowest BCUT2D eigenvalue weighted by Crippen LogP contribution is -2.54. The van der Waals surface area contributed by atoms with Gasteiger partial charge in [0, 0.05) is 12.3 Å². The van der Waals surface area contributed by atoms with Crippen molar-refractivity contribution in [1.82, 2.24) is 9.55 Å². The molecule has 9 nitrogen and oxygen atoms in total. The second kappa shape index (κ2) is 4.30. The van der Waals surface area contributed by atoms with Crippen molar-refractivity contribution >= 4 is 0 Å². The summed E-state index contributed by atoms with van der Waals surface area (Å²) in [5.74, 6) is 0. The molecule has 100 valence electrons. The molecule has 0 saturated carbocycles. The quantitative estimate of drug-likeness (QED) is 0.368. The van der Waals surface area contributed by atoms with Crippen LogP contribution in [0.5, 0.6) is 0 Å². The molecular weight excluding hydrogens is 246 g/mol. The van der Waals surface area contributed by atoms with Crippen LogP contribution < -0.4 is 17.0 Å². The zero-order chi connectivity index (χ0) is 13.5. The number of H-pyrrole nitrogens is 1. The molecule has 4 atom stereocenters. The van der Waals surface area contributed by atoms with Gasteiger partial charge in [-0.15, -0.1) is 0 Å². The molecule has 1 saturated heterocycles. The number of nitrogens with one attached hydrogen (secondary N) is 1. The van der Waals surface area contributed by atoms with Gasteiger partial charge in [0.2, 0.25) is 0 Å². The van der Waals surface area contributed by atoms with Crippen molar-refractivity contribution in [2.45, 2.75) is 24.2 Å². The average molecular weight is 259 g/mol. The van der Waals surface area contributed by atoms with Gasteiger partial charge in [-0.05, 0) is 0 Å². The van der Waals surface area contributed by atoms with Gasteiger partial charge in [-0.2, -0.15) is 0 Å². The molecule has 6 N–H and O–H groups in total. The van der Waals surface area contributed by atoms with Gasteiger partial charge in [-0.3, -0.25) is 20.1 Å². The fraction of sp³-hybridized carbons (Fsp3) is 0.556. The van der Waals surface area contributed by atoms with Gasteiger partial charge >= 0.3 is 5.69 Å². The van der Waals surface area contributed by atoms with Gasteiger partial charge in [0.1, 0.15) is 12.2 Å². The van der Waals surface area contributed by atoms with Crippen LogP contribution in [0.1, 0.15) is 6.23 Å². The van der Waals surface area contributed by atoms with Crippen molar-refractivity contribution in [3.63, 3.8) is 0 Å². The van der Waals surface area contributed by atoms with Crippen LogP contribution in [-0.4, -0.2) is 49.4 Å². The normalized spacial score (nSPS) is 35.9. The lowest BCUT2D eigenvalue weighted by Gasteiger charge is -2.24. The Balaban J connectivity index is 2.41. The summed E-state index contributed by atoms with van der Waals surface area (Å²) in [5.41, 5.74) is 2.24. The first kappa shape index (κ1) is 12.9. The molecule has 2 heterocycles. The Labute approximate surface area is 100 Å². The number of nitrogens with zero attached hydrogens (tertiary/aromatic N) is 1. The third-order valence-corrected chi connectivity index (χ3v) is 2.83. The Bertz CT molecular complexity index is 554. The van der Waals surface area contributed by atoms with Crippen molar-refractivity contribution < 1.29 is 20.1 Å². The number of ether oxygens (including phenoxy) is 1. The van der Waals surface area contributed by atoms with Crippen LogP contribution >= 0.6 is 0 Å². The summed E-state index contributed by atoms with van der Waals surface area (Å²) in [6, 6.07) is 1.05. The van der Waals surface area contributed by atoms with Crippen molar-refractivity contribution in [3.8, 4) is 0 Å². The molecule has 0 aliphatic carbocycles. The van der Waals surface area contributed by atoms with E-state index in [0.717, 1.165) is 16.8 Å². The van der Waals surface area contributed by atoms with E-state index in [-0.39, 0.29) is 0 Å². The summed E-state index contributed by atoms with van der Waals surface area (Å²) in [7, 11) is 0. The van der Waals surface area contributed by atoms with Crippen LogP contribution in [-0.2, 0) is 4.74 Å². The molecular formula is C9H13N3O6. The predicted molar refractivity (Wildman–Crippen MR) is 57.5 cm³/mol. The molecule has 9 heteroatoms. The molecule has 1 aliphatic heterocycles. The predicted octanol–water partition coefficient (Wildman–Crippen LogP) is -3.57. The average Bonchev–Trinajstić information content (AvgIpc) is 2.55. The molecule has 1 aromatic rings. The van der Waals surface area contributed by atoms with E-state index >= 15 is 0 Å². The summed E-state index contributed by atoms with van der Waals surface area (Å²) in [6.07, 6.45) is -3.26. The molecule has 0 bridgehead atoms. The van der Waals surface area contributed by atoms with Crippen LogP contribution in [0.3, 0.4) is 0 Å². The number of hydrogen-bond acceptors (Lipinski definition) is 7. The molecule has 0 radical (unpaired) electrons. The maximum absolute atomic E-state index is 11.5. The maximum Gasteiger partial charge on any atom is 0.330 e. The van der Waals surface area contributed by atoms with Crippen LogP contribution in [0.2, 0.25) is 0 Å². The SMILES string of the molecule is N[C@]1(CO)O[C@@H](n2ccc(=O)[nH]c2=O)[C@H](O)[C@@H]1O. The van der Waals surface area contributed by atoms with Crippen molar-refractivity contribution in [3.05, 3.63) is 33.1 Å². The van der Waals surface area contributed by atoms with Crippen LogP contribution in [0.25, 0.3) is 0 Å². The van der Waals surface area contributed by atoms with Crippen LogP contribution in [0.4, 0.5) is 0 Å². The van der Waals surface area contributed by atoms with Crippen LogP contribution in [0, 0.1) is 0 Å². The fourth-order valence-electron chi connectivity index (χ4n) is 1.79. The smallest absolute Gasteiger partial charge is 0.330 e. The molecule has 0 unspecified atom stereocenters. The molecule has 1 fully saturated rings. The van der Waals surface area contributed by atoms with Gasteiger partial charge in [-0.25, -0.2) is 4.79 Å².